The van der Waals surface area contributed by atoms with E-state index in [0.717, 1.165) is 17.0 Å². The van der Waals surface area contributed by atoms with Gasteiger partial charge in [0.1, 0.15) is 5.75 Å². The van der Waals surface area contributed by atoms with Crippen molar-refractivity contribution < 1.29 is 9.53 Å². The topological polar surface area (TPSA) is 50.7 Å². The third-order valence-electron chi connectivity index (χ3n) is 3.59. The summed E-state index contributed by atoms with van der Waals surface area (Å²) >= 11 is 0. The number of amides is 1. The van der Waals surface area contributed by atoms with E-state index in [-0.39, 0.29) is 11.8 Å². The fourth-order valence-electron chi connectivity index (χ4n) is 2.28. The number of carbonyl (C=O) groups excluding carboxylic acids is 1. The molecular weight excluding hydrogens is 312 g/mol. The fraction of sp³-hybridized carbons (Fsp3) is 0.333. The molecule has 0 aliphatic carbocycles. The SMILES string of the molecule is CC(C)COc1ccc(C(=O)NN=C(c2ccccc2)C(C)C)cc1. The minimum absolute atomic E-state index is 0.203. The molecule has 0 bridgehead atoms. The van der Waals surface area contributed by atoms with Crippen LogP contribution in [0.2, 0.25) is 0 Å². The molecule has 2 aromatic carbocycles. The van der Waals surface area contributed by atoms with Crippen LogP contribution in [0, 0.1) is 11.8 Å². The van der Waals surface area contributed by atoms with Crippen molar-refractivity contribution in [2.45, 2.75) is 27.7 Å². The summed E-state index contributed by atoms with van der Waals surface area (Å²) in [5.74, 6) is 1.20. The first kappa shape index (κ1) is 18.7. The highest BCUT2D eigenvalue weighted by Crippen LogP contribution is 2.14. The van der Waals surface area contributed by atoms with Crippen molar-refractivity contribution in [1.82, 2.24) is 5.43 Å². The van der Waals surface area contributed by atoms with Gasteiger partial charge in [0.15, 0.2) is 0 Å². The van der Waals surface area contributed by atoms with Crippen LogP contribution in [-0.2, 0) is 0 Å². The van der Waals surface area contributed by atoms with Crippen LogP contribution in [-0.4, -0.2) is 18.2 Å². The van der Waals surface area contributed by atoms with Crippen molar-refractivity contribution in [2.75, 3.05) is 6.61 Å². The lowest BCUT2D eigenvalue weighted by Crippen LogP contribution is -2.22. The highest BCUT2D eigenvalue weighted by Gasteiger charge is 2.10. The lowest BCUT2D eigenvalue weighted by molar-refractivity contribution is 0.0954. The first-order chi connectivity index (χ1) is 12.0. The Kier molecular flexibility index (Phi) is 6.75. The highest BCUT2D eigenvalue weighted by molar-refractivity contribution is 6.03. The number of hydrazone groups is 1. The standard InChI is InChI=1S/C21H26N2O2/c1-15(2)14-25-19-12-10-18(11-13-19)21(24)23-22-20(16(3)4)17-8-6-5-7-9-17/h5-13,15-16H,14H2,1-4H3,(H,23,24). The van der Waals surface area contributed by atoms with Gasteiger partial charge in [-0.25, -0.2) is 5.43 Å². The molecule has 0 spiro atoms. The van der Waals surface area contributed by atoms with Crippen molar-refractivity contribution in [2.24, 2.45) is 16.9 Å². The molecule has 0 saturated carbocycles. The molecule has 1 N–H and O–H groups in total. The monoisotopic (exact) mass is 338 g/mol. The molecule has 0 atom stereocenters. The third-order valence-corrected chi connectivity index (χ3v) is 3.59. The maximum Gasteiger partial charge on any atom is 0.271 e. The largest absolute Gasteiger partial charge is 0.493 e. The molecule has 2 rings (SSSR count). The van der Waals surface area contributed by atoms with Crippen LogP contribution in [0.1, 0.15) is 43.6 Å². The number of nitrogens with zero attached hydrogens (tertiary/aromatic N) is 1. The second-order valence-corrected chi connectivity index (χ2v) is 6.69. The number of nitrogens with one attached hydrogen (secondary N) is 1. The normalized spacial score (nSPS) is 11.7. The lowest BCUT2D eigenvalue weighted by atomic mass is 10.0. The molecule has 0 saturated heterocycles. The van der Waals surface area contributed by atoms with Gasteiger partial charge in [-0.2, -0.15) is 5.10 Å². The van der Waals surface area contributed by atoms with Crippen LogP contribution < -0.4 is 10.2 Å². The van der Waals surface area contributed by atoms with Gasteiger partial charge < -0.3 is 4.74 Å². The van der Waals surface area contributed by atoms with Crippen molar-refractivity contribution in [3.8, 4) is 5.75 Å². The molecule has 25 heavy (non-hydrogen) atoms. The summed E-state index contributed by atoms with van der Waals surface area (Å²) in [6.07, 6.45) is 0. The summed E-state index contributed by atoms with van der Waals surface area (Å²) < 4.78 is 5.63. The number of carbonyl (C=O) groups is 1. The zero-order valence-corrected chi connectivity index (χ0v) is 15.3. The molecule has 132 valence electrons. The first-order valence-corrected chi connectivity index (χ1v) is 8.63. The van der Waals surface area contributed by atoms with E-state index in [2.05, 4.69) is 38.2 Å². The molecule has 0 radical (unpaired) electrons. The van der Waals surface area contributed by atoms with Crippen molar-refractivity contribution in [1.29, 1.82) is 0 Å². The van der Waals surface area contributed by atoms with Crippen LogP contribution in [0.15, 0.2) is 59.7 Å². The number of ether oxygens (including phenoxy) is 1. The zero-order valence-electron chi connectivity index (χ0n) is 15.3. The average Bonchev–Trinajstić information content (AvgIpc) is 2.61. The Morgan fingerprint density at radius 2 is 1.60 bits per heavy atom. The van der Waals surface area contributed by atoms with Crippen LogP contribution in [0.25, 0.3) is 0 Å². The Hall–Kier alpha value is -2.62. The molecule has 0 unspecified atom stereocenters. The molecule has 1 amide bonds. The van der Waals surface area contributed by atoms with Gasteiger partial charge in [-0.1, -0.05) is 58.0 Å². The Morgan fingerprint density at radius 1 is 0.960 bits per heavy atom. The van der Waals surface area contributed by atoms with Crippen LogP contribution in [0.4, 0.5) is 0 Å². The van der Waals surface area contributed by atoms with E-state index in [1.165, 1.54) is 0 Å². The van der Waals surface area contributed by atoms with Gasteiger partial charge in [0, 0.05) is 5.56 Å². The van der Waals surface area contributed by atoms with Crippen molar-refractivity contribution in [3.63, 3.8) is 0 Å². The Bertz CT molecular complexity index is 704. The second kappa shape index (κ2) is 9.02. The third kappa shape index (κ3) is 5.75. The summed E-state index contributed by atoms with van der Waals surface area (Å²) in [7, 11) is 0. The van der Waals surface area contributed by atoms with Crippen LogP contribution >= 0.6 is 0 Å². The van der Waals surface area contributed by atoms with Gasteiger partial charge in [0.2, 0.25) is 0 Å². The molecule has 0 fully saturated rings. The molecule has 0 heterocycles. The second-order valence-electron chi connectivity index (χ2n) is 6.69. The van der Waals surface area contributed by atoms with Gasteiger partial charge in [-0.15, -0.1) is 0 Å². The summed E-state index contributed by atoms with van der Waals surface area (Å²) in [6.45, 7) is 8.96. The molecule has 4 heteroatoms. The first-order valence-electron chi connectivity index (χ1n) is 8.63. The van der Waals surface area contributed by atoms with Gasteiger partial charge in [-0.3, -0.25) is 4.79 Å². The van der Waals surface area contributed by atoms with E-state index in [1.54, 1.807) is 12.1 Å². The predicted octanol–water partition coefficient (Wildman–Crippen LogP) is 4.51. The highest BCUT2D eigenvalue weighted by atomic mass is 16.5. The summed E-state index contributed by atoms with van der Waals surface area (Å²) in [5, 5.41) is 4.34. The minimum Gasteiger partial charge on any atom is -0.493 e. The number of hydrogen-bond donors (Lipinski definition) is 1. The predicted molar refractivity (Wildman–Crippen MR) is 102 cm³/mol. The molecule has 0 aliphatic heterocycles. The fourth-order valence-corrected chi connectivity index (χ4v) is 2.28. The average molecular weight is 338 g/mol. The van der Waals surface area contributed by atoms with E-state index in [0.29, 0.717) is 18.1 Å². The number of hydrogen-bond acceptors (Lipinski definition) is 3. The Morgan fingerprint density at radius 3 is 2.16 bits per heavy atom. The van der Waals surface area contributed by atoms with Gasteiger partial charge in [0.05, 0.1) is 12.3 Å². The number of benzene rings is 2. The van der Waals surface area contributed by atoms with E-state index < -0.39 is 0 Å². The van der Waals surface area contributed by atoms with E-state index >= 15 is 0 Å². The van der Waals surface area contributed by atoms with E-state index in [1.807, 2.05) is 42.5 Å². The summed E-state index contributed by atoms with van der Waals surface area (Å²) in [6, 6.07) is 17.0. The lowest BCUT2D eigenvalue weighted by Gasteiger charge is -2.11. The van der Waals surface area contributed by atoms with Crippen molar-refractivity contribution >= 4 is 11.6 Å². The van der Waals surface area contributed by atoms with Gasteiger partial charge >= 0.3 is 0 Å². The Labute approximate surface area is 149 Å². The maximum absolute atomic E-state index is 12.3. The summed E-state index contributed by atoms with van der Waals surface area (Å²) in [5.41, 5.74) is 5.07. The van der Waals surface area contributed by atoms with Crippen LogP contribution in [0.5, 0.6) is 5.75 Å². The summed E-state index contributed by atoms with van der Waals surface area (Å²) in [4.78, 5) is 12.3. The Balaban J connectivity index is 2.05. The zero-order chi connectivity index (χ0) is 18.2. The molecule has 0 aromatic heterocycles. The van der Waals surface area contributed by atoms with E-state index in [9.17, 15) is 4.79 Å². The van der Waals surface area contributed by atoms with Gasteiger partial charge in [-0.05, 0) is 41.7 Å². The molecule has 4 nitrogen and oxygen atoms in total. The smallest absolute Gasteiger partial charge is 0.271 e. The van der Waals surface area contributed by atoms with Crippen LogP contribution in [0.3, 0.4) is 0 Å². The number of rotatable bonds is 7. The quantitative estimate of drug-likeness (QED) is 0.596. The molecular formula is C21H26N2O2. The molecule has 2 aromatic rings. The van der Waals surface area contributed by atoms with Crippen molar-refractivity contribution in [3.05, 3.63) is 65.7 Å². The van der Waals surface area contributed by atoms with Gasteiger partial charge in [0.25, 0.3) is 5.91 Å². The maximum atomic E-state index is 12.3. The minimum atomic E-state index is -0.232. The molecule has 0 aliphatic rings. The van der Waals surface area contributed by atoms with E-state index in [4.69, 9.17) is 4.74 Å².